The van der Waals surface area contributed by atoms with E-state index in [1.54, 1.807) is 0 Å². The van der Waals surface area contributed by atoms with Crippen LogP contribution in [0.5, 0.6) is 0 Å². The number of carbonyl (C=O) groups is 1. The lowest BCUT2D eigenvalue weighted by Crippen LogP contribution is -2.09. The Bertz CT molecular complexity index is 40.5. The maximum absolute atomic E-state index is 9.27. The maximum Gasteiger partial charge on any atom is 0.230 e. The molecular formula is C2H4ClNO2. The van der Waals surface area contributed by atoms with Gasteiger partial charge in [-0.2, -0.15) is 0 Å². The van der Waals surface area contributed by atoms with E-state index in [2.05, 4.69) is 4.84 Å². The Hall–Kier alpha value is -0.280. The van der Waals surface area contributed by atoms with Gasteiger partial charge < -0.3 is 0 Å². The second kappa shape index (κ2) is 4.72. The molecule has 0 atom stereocenters. The van der Waals surface area contributed by atoms with Crippen LogP contribution in [0.3, 0.4) is 0 Å². The molecule has 0 aromatic rings. The summed E-state index contributed by atoms with van der Waals surface area (Å²) in [7, 11) is 0. The lowest BCUT2D eigenvalue weighted by molar-refractivity contribution is -0.119. The molecule has 6 heavy (non-hydrogen) atoms. The van der Waals surface area contributed by atoms with Crippen LogP contribution in [0.1, 0.15) is 0 Å². The van der Waals surface area contributed by atoms with Crippen molar-refractivity contribution in [3.05, 3.63) is 0 Å². The van der Waals surface area contributed by atoms with E-state index in [0.29, 0.717) is 6.41 Å². The van der Waals surface area contributed by atoms with E-state index in [-0.39, 0.29) is 6.07 Å². The summed E-state index contributed by atoms with van der Waals surface area (Å²) in [6.07, 6.45) is 0.405. The van der Waals surface area contributed by atoms with Crippen molar-refractivity contribution in [1.82, 2.24) is 5.48 Å². The Morgan fingerprint density at radius 3 is 2.83 bits per heavy atom. The lowest BCUT2D eigenvalue weighted by Gasteiger charge is -1.87. The number of amides is 1. The highest BCUT2D eigenvalue weighted by atomic mass is 35.5. The molecule has 0 rings (SSSR count). The molecule has 0 spiro atoms. The molecule has 0 aliphatic carbocycles. The molecule has 1 amide bonds. The topological polar surface area (TPSA) is 38.3 Å². The zero-order chi connectivity index (χ0) is 4.83. The fraction of sp³-hybridized carbons (Fsp3) is 0.500. The summed E-state index contributed by atoms with van der Waals surface area (Å²) in [6.45, 7) is 0. The van der Waals surface area contributed by atoms with Gasteiger partial charge in [0.25, 0.3) is 0 Å². The van der Waals surface area contributed by atoms with Crippen LogP contribution < -0.4 is 5.48 Å². The smallest absolute Gasteiger partial charge is 0.230 e. The van der Waals surface area contributed by atoms with Crippen LogP contribution in [0.15, 0.2) is 0 Å². The third-order valence-corrected chi connectivity index (χ3v) is 0.295. The summed E-state index contributed by atoms with van der Waals surface area (Å²) in [5.74, 6) is 0. The van der Waals surface area contributed by atoms with E-state index in [4.69, 9.17) is 11.6 Å². The highest BCUT2D eigenvalue weighted by molar-refractivity contribution is 6.17. The quantitative estimate of drug-likeness (QED) is 0.237. The monoisotopic (exact) mass is 109 g/mol. The van der Waals surface area contributed by atoms with Gasteiger partial charge >= 0.3 is 0 Å². The Kier molecular flexibility index (Phi) is 4.50. The molecule has 0 aliphatic rings. The first-order valence-corrected chi connectivity index (χ1v) is 1.82. The van der Waals surface area contributed by atoms with Gasteiger partial charge in [-0.25, -0.2) is 5.48 Å². The van der Waals surface area contributed by atoms with Gasteiger partial charge in [-0.3, -0.25) is 9.63 Å². The van der Waals surface area contributed by atoms with Crippen molar-refractivity contribution in [3.8, 4) is 0 Å². The first kappa shape index (κ1) is 5.72. The Morgan fingerprint density at radius 1 is 2.00 bits per heavy atom. The third-order valence-electron chi connectivity index (χ3n) is 0.186. The summed E-state index contributed by atoms with van der Waals surface area (Å²) in [6, 6.07) is -0.0151. The standard InChI is InChI=1S/C2H4ClNO2/c3-1-6-4-2-5/h2H,1H2,(H,4,5). The van der Waals surface area contributed by atoms with Gasteiger partial charge in [0.2, 0.25) is 6.41 Å². The maximum atomic E-state index is 9.27. The second-order valence-electron chi connectivity index (χ2n) is 0.489. The average molecular weight is 110 g/mol. The van der Waals surface area contributed by atoms with Gasteiger partial charge in [-0.05, 0) is 0 Å². The minimum absolute atomic E-state index is 0.0151. The van der Waals surface area contributed by atoms with E-state index >= 15 is 0 Å². The largest absolute Gasteiger partial charge is 0.277 e. The van der Waals surface area contributed by atoms with Gasteiger partial charge in [-0.15, -0.1) is 0 Å². The molecule has 0 radical (unpaired) electrons. The van der Waals surface area contributed by atoms with Crippen molar-refractivity contribution in [2.75, 3.05) is 6.07 Å². The lowest BCUT2D eigenvalue weighted by atomic mass is 11.4. The van der Waals surface area contributed by atoms with Crippen molar-refractivity contribution in [1.29, 1.82) is 0 Å². The molecule has 4 heteroatoms. The summed E-state index contributed by atoms with van der Waals surface area (Å²) in [5, 5.41) is 0. The summed E-state index contributed by atoms with van der Waals surface area (Å²) < 4.78 is 0. The number of halogens is 1. The third kappa shape index (κ3) is 3.72. The number of carbonyl (C=O) groups excluding carboxylic acids is 1. The summed E-state index contributed by atoms with van der Waals surface area (Å²) in [5.41, 5.74) is 1.89. The van der Waals surface area contributed by atoms with E-state index in [1.807, 2.05) is 5.48 Å². The summed E-state index contributed by atoms with van der Waals surface area (Å²) in [4.78, 5) is 13.4. The molecule has 0 saturated heterocycles. The average Bonchev–Trinajstić information content (AvgIpc) is 1.61. The summed E-state index contributed by atoms with van der Waals surface area (Å²) >= 11 is 4.94. The first-order chi connectivity index (χ1) is 2.91. The Morgan fingerprint density at radius 2 is 2.67 bits per heavy atom. The van der Waals surface area contributed by atoms with Crippen LogP contribution in [0, 0.1) is 0 Å². The van der Waals surface area contributed by atoms with Crippen LogP contribution in [0.2, 0.25) is 0 Å². The number of hydrogen-bond acceptors (Lipinski definition) is 2. The highest BCUT2D eigenvalue weighted by Crippen LogP contribution is 1.67. The van der Waals surface area contributed by atoms with E-state index in [9.17, 15) is 4.79 Å². The molecule has 0 bridgehead atoms. The second-order valence-corrected chi connectivity index (χ2v) is 0.707. The molecule has 0 heterocycles. The molecule has 36 valence electrons. The van der Waals surface area contributed by atoms with Gasteiger partial charge in [0.1, 0.15) is 6.07 Å². The van der Waals surface area contributed by atoms with Crippen molar-refractivity contribution in [2.24, 2.45) is 0 Å². The minimum Gasteiger partial charge on any atom is -0.277 e. The fourth-order valence-electron chi connectivity index (χ4n) is 0.0655. The SMILES string of the molecule is O=CNOCCl. The predicted molar refractivity (Wildman–Crippen MR) is 21.0 cm³/mol. The number of alkyl halides is 1. The van der Waals surface area contributed by atoms with Crippen LogP contribution in [-0.4, -0.2) is 12.5 Å². The van der Waals surface area contributed by atoms with Crippen molar-refractivity contribution >= 4 is 18.0 Å². The normalized spacial score (nSPS) is 7.50. The van der Waals surface area contributed by atoms with Gasteiger partial charge in [-0.1, -0.05) is 11.6 Å². The zero-order valence-corrected chi connectivity index (χ0v) is 3.73. The molecule has 1 N–H and O–H groups in total. The van der Waals surface area contributed by atoms with E-state index < -0.39 is 0 Å². The van der Waals surface area contributed by atoms with Crippen LogP contribution in [0.25, 0.3) is 0 Å². The van der Waals surface area contributed by atoms with Crippen LogP contribution >= 0.6 is 11.6 Å². The molecule has 3 nitrogen and oxygen atoms in total. The van der Waals surface area contributed by atoms with Gasteiger partial charge in [0.15, 0.2) is 0 Å². The van der Waals surface area contributed by atoms with Crippen LogP contribution in [-0.2, 0) is 9.63 Å². The Labute approximate surface area is 40.2 Å². The molecule has 0 unspecified atom stereocenters. The van der Waals surface area contributed by atoms with E-state index in [0.717, 1.165) is 0 Å². The molecule has 0 fully saturated rings. The number of rotatable bonds is 3. The first-order valence-electron chi connectivity index (χ1n) is 1.28. The number of hydroxylamine groups is 1. The predicted octanol–water partition coefficient (Wildman–Crippen LogP) is -0.140. The fourth-order valence-corrected chi connectivity index (χ4v) is 0.129. The minimum atomic E-state index is -0.0151. The number of nitrogens with one attached hydrogen (secondary N) is 1. The molecule has 0 saturated carbocycles. The van der Waals surface area contributed by atoms with Gasteiger partial charge in [0.05, 0.1) is 0 Å². The number of hydrogen-bond donors (Lipinski definition) is 1. The molecular weight excluding hydrogens is 105 g/mol. The Balaban J connectivity index is 2.49. The van der Waals surface area contributed by atoms with Crippen molar-refractivity contribution in [2.45, 2.75) is 0 Å². The van der Waals surface area contributed by atoms with Gasteiger partial charge in [0, 0.05) is 0 Å². The molecule has 0 aromatic carbocycles. The molecule has 0 aromatic heterocycles. The van der Waals surface area contributed by atoms with Crippen molar-refractivity contribution in [3.63, 3.8) is 0 Å². The molecule has 0 aliphatic heterocycles. The zero-order valence-electron chi connectivity index (χ0n) is 2.98. The highest BCUT2D eigenvalue weighted by Gasteiger charge is 1.69. The van der Waals surface area contributed by atoms with Crippen LogP contribution in [0.4, 0.5) is 0 Å². The van der Waals surface area contributed by atoms with E-state index in [1.165, 1.54) is 0 Å². The van der Waals surface area contributed by atoms with Crippen molar-refractivity contribution < 1.29 is 9.63 Å².